The molecule has 0 unspecified atom stereocenters. The topological polar surface area (TPSA) is 88.0 Å². The van der Waals surface area contributed by atoms with E-state index in [1.54, 1.807) is 24.3 Å². The molecule has 0 spiro atoms. The average Bonchev–Trinajstić information content (AvgIpc) is 3.03. The lowest BCUT2D eigenvalue weighted by molar-refractivity contribution is 0.0946. The molecule has 1 aliphatic carbocycles. The molecule has 6 nitrogen and oxygen atoms in total. The monoisotopic (exact) mass is 363 g/mol. The number of nitrogens with one attached hydrogen (secondary N) is 2. The van der Waals surface area contributed by atoms with E-state index >= 15 is 0 Å². The lowest BCUT2D eigenvalue weighted by Crippen LogP contribution is -2.29. The third kappa shape index (κ3) is 4.00. The number of carbonyl (C=O) groups excluding carboxylic acids is 1. The minimum absolute atomic E-state index is 0.0862. The van der Waals surface area contributed by atoms with Crippen molar-refractivity contribution >= 4 is 5.91 Å². The van der Waals surface area contributed by atoms with Gasteiger partial charge in [-0.2, -0.15) is 0 Å². The second kappa shape index (κ2) is 7.61. The number of aromatic amines is 1. The molecule has 4 rings (SSSR count). The minimum Gasteiger partial charge on any atom is -0.352 e. The maximum absolute atomic E-state index is 12.4. The molecule has 1 amide bonds. The Balaban J connectivity index is 1.34. The van der Waals surface area contributed by atoms with E-state index in [1.165, 1.54) is 11.1 Å². The van der Waals surface area contributed by atoms with Crippen LogP contribution in [0.3, 0.4) is 0 Å². The molecule has 0 fully saturated rings. The summed E-state index contributed by atoms with van der Waals surface area (Å²) in [5, 5.41) is 6.70. The summed E-state index contributed by atoms with van der Waals surface area (Å²) in [6.45, 7) is 0.686. The number of fused-ring (bicyclic) bond motifs is 1. The van der Waals surface area contributed by atoms with Gasteiger partial charge >= 0.3 is 5.76 Å². The first-order valence-corrected chi connectivity index (χ1v) is 9.20. The Morgan fingerprint density at radius 2 is 1.74 bits per heavy atom. The zero-order valence-corrected chi connectivity index (χ0v) is 14.9. The second-order valence-corrected chi connectivity index (χ2v) is 6.94. The van der Waals surface area contributed by atoms with E-state index in [4.69, 9.17) is 0 Å². The van der Waals surface area contributed by atoms with Crippen LogP contribution in [0.15, 0.2) is 57.8 Å². The predicted octanol–water partition coefficient (Wildman–Crippen LogP) is 2.95. The van der Waals surface area contributed by atoms with Crippen molar-refractivity contribution in [1.29, 1.82) is 0 Å². The van der Waals surface area contributed by atoms with Gasteiger partial charge in [0.15, 0.2) is 5.82 Å². The van der Waals surface area contributed by atoms with Crippen molar-refractivity contribution in [2.45, 2.75) is 25.7 Å². The van der Waals surface area contributed by atoms with Gasteiger partial charge in [-0.3, -0.25) is 14.3 Å². The Morgan fingerprint density at radius 3 is 2.33 bits per heavy atom. The Morgan fingerprint density at radius 1 is 1.07 bits per heavy atom. The smallest absolute Gasteiger partial charge is 0.352 e. The Labute approximate surface area is 156 Å². The first-order valence-electron chi connectivity index (χ1n) is 9.20. The lowest BCUT2D eigenvalue weighted by atomic mass is 9.99. The van der Waals surface area contributed by atoms with Crippen LogP contribution >= 0.6 is 0 Å². The van der Waals surface area contributed by atoms with Gasteiger partial charge in [-0.15, -0.1) is 0 Å². The van der Waals surface area contributed by atoms with Crippen LogP contribution in [0, 0.1) is 5.92 Å². The van der Waals surface area contributed by atoms with Gasteiger partial charge in [-0.25, -0.2) is 4.79 Å². The van der Waals surface area contributed by atoms with Crippen molar-refractivity contribution in [3.8, 4) is 11.4 Å². The normalized spacial score (nSPS) is 14.4. The highest BCUT2D eigenvalue weighted by Gasteiger charge is 2.17. The van der Waals surface area contributed by atoms with Gasteiger partial charge in [0.2, 0.25) is 0 Å². The third-order valence-electron chi connectivity index (χ3n) is 5.17. The van der Waals surface area contributed by atoms with Crippen molar-refractivity contribution in [3.63, 3.8) is 0 Å². The van der Waals surface area contributed by atoms with Crippen LogP contribution in [0.2, 0.25) is 0 Å². The summed E-state index contributed by atoms with van der Waals surface area (Å²) in [5.74, 6) is 0.153. The largest absolute Gasteiger partial charge is 0.439 e. The van der Waals surface area contributed by atoms with Gasteiger partial charge in [0.1, 0.15) is 0 Å². The van der Waals surface area contributed by atoms with Crippen molar-refractivity contribution in [3.05, 3.63) is 75.8 Å². The summed E-state index contributed by atoms with van der Waals surface area (Å²) >= 11 is 0. The van der Waals surface area contributed by atoms with Crippen LogP contribution in [0.1, 0.15) is 34.3 Å². The number of carbonyl (C=O) groups is 1. The summed E-state index contributed by atoms with van der Waals surface area (Å²) in [6.07, 6.45) is 4.33. The van der Waals surface area contributed by atoms with Crippen molar-refractivity contribution in [1.82, 2.24) is 15.5 Å². The van der Waals surface area contributed by atoms with Gasteiger partial charge < -0.3 is 5.32 Å². The van der Waals surface area contributed by atoms with E-state index in [9.17, 15) is 9.59 Å². The number of hydrogen-bond acceptors (Lipinski definition) is 4. The first kappa shape index (κ1) is 17.3. The average molecular weight is 363 g/mol. The van der Waals surface area contributed by atoms with Crippen LogP contribution in [0.5, 0.6) is 0 Å². The fourth-order valence-corrected chi connectivity index (χ4v) is 3.59. The molecule has 1 aliphatic rings. The number of rotatable bonds is 4. The van der Waals surface area contributed by atoms with E-state index < -0.39 is 5.76 Å². The molecule has 1 aromatic heterocycles. The van der Waals surface area contributed by atoms with Crippen molar-refractivity contribution < 1.29 is 9.32 Å². The van der Waals surface area contributed by atoms with Crippen LogP contribution in [0.25, 0.3) is 11.4 Å². The predicted molar refractivity (Wildman–Crippen MR) is 101 cm³/mol. The molecule has 6 heteroatoms. The molecular formula is C21H21N3O3. The molecule has 0 radical (unpaired) electrons. The molecule has 138 valence electrons. The maximum atomic E-state index is 12.4. The van der Waals surface area contributed by atoms with E-state index in [0.717, 1.165) is 25.7 Å². The lowest BCUT2D eigenvalue weighted by Gasteiger charge is -2.15. The summed E-state index contributed by atoms with van der Waals surface area (Å²) in [4.78, 5) is 26.0. The number of H-pyrrole nitrogens is 1. The number of amides is 1. The summed E-state index contributed by atoms with van der Waals surface area (Å²) in [7, 11) is 0. The molecule has 2 N–H and O–H groups in total. The maximum Gasteiger partial charge on any atom is 0.439 e. The second-order valence-electron chi connectivity index (χ2n) is 6.94. The van der Waals surface area contributed by atoms with E-state index in [-0.39, 0.29) is 5.91 Å². The zero-order chi connectivity index (χ0) is 18.6. The number of aromatic nitrogens is 2. The number of hydrogen-bond donors (Lipinski definition) is 2. The molecule has 1 heterocycles. The number of aryl methyl sites for hydroxylation is 2. The van der Waals surface area contributed by atoms with Gasteiger partial charge in [-0.05, 0) is 54.9 Å². The Kier molecular flexibility index (Phi) is 4.87. The van der Waals surface area contributed by atoms with E-state index in [1.807, 2.05) is 0 Å². The molecule has 0 atom stereocenters. The van der Waals surface area contributed by atoms with Crippen LogP contribution in [-0.4, -0.2) is 22.6 Å². The van der Waals surface area contributed by atoms with Gasteiger partial charge in [0.05, 0.1) is 0 Å². The Hall–Kier alpha value is -3.15. The van der Waals surface area contributed by atoms with Crippen LogP contribution in [-0.2, 0) is 12.8 Å². The molecule has 0 aliphatic heterocycles. The van der Waals surface area contributed by atoms with Crippen LogP contribution in [0.4, 0.5) is 0 Å². The molecule has 0 bridgehead atoms. The summed E-state index contributed by atoms with van der Waals surface area (Å²) < 4.78 is 4.50. The SMILES string of the molecule is O=C(NCC1CCc2ccccc2CC1)c1ccc(-c2noc(=O)[nH]2)cc1. The molecule has 27 heavy (non-hydrogen) atoms. The first-order chi connectivity index (χ1) is 13.2. The molecule has 0 saturated carbocycles. The third-order valence-corrected chi connectivity index (χ3v) is 5.17. The highest BCUT2D eigenvalue weighted by molar-refractivity contribution is 5.94. The number of benzene rings is 2. The fraction of sp³-hybridized carbons (Fsp3) is 0.286. The minimum atomic E-state index is -0.600. The van der Waals surface area contributed by atoms with Crippen molar-refractivity contribution in [2.24, 2.45) is 5.92 Å². The van der Waals surface area contributed by atoms with Gasteiger partial charge in [0.25, 0.3) is 5.91 Å². The highest BCUT2D eigenvalue weighted by Crippen LogP contribution is 2.24. The summed E-state index contributed by atoms with van der Waals surface area (Å²) in [5.41, 5.74) is 4.15. The quantitative estimate of drug-likeness (QED) is 0.698. The Bertz CT molecular complexity index is 961. The molecular weight excluding hydrogens is 342 g/mol. The van der Waals surface area contributed by atoms with Gasteiger partial charge in [0, 0.05) is 17.7 Å². The van der Waals surface area contributed by atoms with Gasteiger partial charge in [-0.1, -0.05) is 41.6 Å². The molecule has 0 saturated heterocycles. The fourth-order valence-electron chi connectivity index (χ4n) is 3.59. The van der Waals surface area contributed by atoms with E-state index in [2.05, 4.69) is 44.2 Å². The highest BCUT2D eigenvalue weighted by atomic mass is 16.5. The molecule has 2 aromatic carbocycles. The standard InChI is InChI=1S/C21H21N3O3/c25-20(18-11-9-17(10-12-18)19-23-21(26)27-24-19)22-13-14-5-7-15-3-1-2-4-16(15)8-6-14/h1-4,9-12,14H,5-8,13H2,(H,22,25)(H,23,24,26). The van der Waals surface area contributed by atoms with Crippen LogP contribution < -0.4 is 11.1 Å². The van der Waals surface area contributed by atoms with Crippen molar-refractivity contribution in [2.75, 3.05) is 6.54 Å². The summed E-state index contributed by atoms with van der Waals surface area (Å²) in [6, 6.07) is 15.5. The zero-order valence-electron chi connectivity index (χ0n) is 14.9. The van der Waals surface area contributed by atoms with E-state index in [0.29, 0.717) is 29.4 Å². The number of nitrogens with zero attached hydrogens (tertiary/aromatic N) is 1. The molecule has 3 aromatic rings.